The molecule has 3 amide bonds. The van der Waals surface area contributed by atoms with Crippen molar-refractivity contribution in [1.29, 1.82) is 0 Å². The van der Waals surface area contributed by atoms with Crippen molar-refractivity contribution in [3.8, 4) is 0 Å². The quantitative estimate of drug-likeness (QED) is 0.530. The molecule has 36 heavy (non-hydrogen) atoms. The van der Waals surface area contributed by atoms with Gasteiger partial charge in [0.05, 0.1) is 22.9 Å². The normalized spacial score (nSPS) is 17.1. The van der Waals surface area contributed by atoms with Crippen molar-refractivity contribution in [1.82, 2.24) is 25.4 Å². The van der Waals surface area contributed by atoms with E-state index < -0.39 is 42.3 Å². The van der Waals surface area contributed by atoms with Crippen LogP contribution in [0.5, 0.6) is 0 Å². The van der Waals surface area contributed by atoms with Gasteiger partial charge in [-0.15, -0.1) is 0 Å². The molecule has 9 nitrogen and oxygen atoms in total. The number of anilines is 1. The number of alkyl halides is 3. The summed E-state index contributed by atoms with van der Waals surface area (Å²) in [4.78, 5) is 45.5. The number of fused-ring (bicyclic) bond motifs is 3. The molecule has 0 radical (unpaired) electrons. The molecule has 0 bridgehead atoms. The maximum atomic E-state index is 14.1. The third-order valence-electron chi connectivity index (χ3n) is 6.65. The van der Waals surface area contributed by atoms with E-state index in [1.54, 1.807) is 22.5 Å². The number of pyridine rings is 1. The Kier molecular flexibility index (Phi) is 5.64. The summed E-state index contributed by atoms with van der Waals surface area (Å²) >= 11 is 0. The van der Waals surface area contributed by atoms with Gasteiger partial charge in [-0.1, -0.05) is 6.07 Å². The van der Waals surface area contributed by atoms with Crippen molar-refractivity contribution in [2.75, 3.05) is 31.1 Å². The monoisotopic (exact) mass is 504 g/mol. The summed E-state index contributed by atoms with van der Waals surface area (Å²) in [5.74, 6) is -2.43. The molecule has 2 aliphatic rings. The number of benzene rings is 1. The average molecular weight is 504 g/mol. The first-order chi connectivity index (χ1) is 17.1. The van der Waals surface area contributed by atoms with Gasteiger partial charge in [0.25, 0.3) is 5.91 Å². The van der Waals surface area contributed by atoms with Crippen molar-refractivity contribution in [3.05, 3.63) is 53.6 Å². The number of carbonyl (C=O) groups excluding carboxylic acids is 3. The average Bonchev–Trinajstić information content (AvgIpc) is 3.39. The van der Waals surface area contributed by atoms with Gasteiger partial charge in [-0.05, 0) is 36.6 Å². The highest BCUT2D eigenvalue weighted by molar-refractivity contribution is 6.11. The van der Waals surface area contributed by atoms with Gasteiger partial charge in [0, 0.05) is 24.7 Å². The summed E-state index contributed by atoms with van der Waals surface area (Å²) in [5, 5.41) is 9.01. The van der Waals surface area contributed by atoms with E-state index in [0.717, 1.165) is 11.0 Å². The van der Waals surface area contributed by atoms with Gasteiger partial charge in [-0.25, -0.2) is 9.37 Å². The molecule has 2 N–H and O–H groups in total. The van der Waals surface area contributed by atoms with Crippen LogP contribution in [-0.2, 0) is 15.0 Å². The zero-order chi connectivity index (χ0) is 25.7. The van der Waals surface area contributed by atoms with Crippen LogP contribution in [-0.4, -0.2) is 70.2 Å². The van der Waals surface area contributed by atoms with Crippen LogP contribution in [0.4, 0.5) is 23.2 Å². The highest BCUT2D eigenvalue weighted by Crippen LogP contribution is 2.48. The Hall–Kier alpha value is -4.03. The predicted molar refractivity (Wildman–Crippen MR) is 119 cm³/mol. The number of nitrogens with one attached hydrogen (secondary N) is 2. The second-order valence-corrected chi connectivity index (χ2v) is 8.85. The van der Waals surface area contributed by atoms with Crippen LogP contribution in [0, 0.1) is 5.82 Å². The molecule has 4 heterocycles. The predicted octanol–water partition coefficient (Wildman–Crippen LogP) is 2.30. The first-order valence-electron chi connectivity index (χ1n) is 11.1. The lowest BCUT2D eigenvalue weighted by atomic mass is 9.73. The largest absolute Gasteiger partial charge is 0.405 e. The molecule has 2 aromatic heterocycles. The summed E-state index contributed by atoms with van der Waals surface area (Å²) < 4.78 is 51.5. The molecule has 188 valence electrons. The number of aromatic amines is 1. The Morgan fingerprint density at radius 3 is 2.61 bits per heavy atom. The number of carbonyl (C=O) groups is 3. The van der Waals surface area contributed by atoms with Crippen LogP contribution < -0.4 is 10.2 Å². The number of halogens is 4. The second kappa shape index (κ2) is 8.57. The Morgan fingerprint density at radius 2 is 1.89 bits per heavy atom. The molecular formula is C23H20F4N6O3. The zero-order valence-corrected chi connectivity index (χ0v) is 18.7. The minimum atomic E-state index is -4.60. The number of amides is 3. The molecule has 5 rings (SSSR count). The van der Waals surface area contributed by atoms with Gasteiger partial charge >= 0.3 is 6.18 Å². The number of nitrogens with zero attached hydrogens (tertiary/aromatic N) is 4. The lowest BCUT2D eigenvalue weighted by Crippen LogP contribution is -2.51. The van der Waals surface area contributed by atoms with E-state index in [2.05, 4.69) is 15.2 Å². The van der Waals surface area contributed by atoms with Crippen LogP contribution in [0.2, 0.25) is 0 Å². The number of hydrogen-bond donors (Lipinski definition) is 2. The van der Waals surface area contributed by atoms with Gasteiger partial charge in [-0.3, -0.25) is 19.5 Å². The molecule has 1 fully saturated rings. The molecule has 1 spiro atoms. The highest BCUT2D eigenvalue weighted by atomic mass is 19.4. The van der Waals surface area contributed by atoms with Crippen molar-refractivity contribution in [3.63, 3.8) is 0 Å². The van der Waals surface area contributed by atoms with E-state index in [0.29, 0.717) is 22.2 Å². The molecular weight excluding hydrogens is 484 g/mol. The molecule has 0 saturated carbocycles. The second-order valence-electron chi connectivity index (χ2n) is 8.85. The zero-order valence-electron chi connectivity index (χ0n) is 18.7. The number of piperidine rings is 1. The van der Waals surface area contributed by atoms with E-state index in [1.165, 1.54) is 18.3 Å². The smallest absolute Gasteiger partial charge is 0.345 e. The molecule has 1 aromatic carbocycles. The number of likely N-dealkylation sites (tertiary alicyclic amines) is 1. The molecule has 3 aromatic rings. The number of aromatic nitrogens is 3. The standard InChI is InChI=1S/C23H20F4N6O3/c24-15-1-2-16-17(8-15)33(11-18(34)29-12-23(25,26)27)21(36)22(16)3-5-32(6-4-22)20(35)14-7-13-10-30-31-19(13)28-9-14/h1-2,7-10H,3-6,11-12H2,(H,29,34)(H,28,30,31). The van der Waals surface area contributed by atoms with Crippen molar-refractivity contribution < 1.29 is 31.9 Å². The molecule has 13 heteroatoms. The lowest BCUT2D eigenvalue weighted by molar-refractivity contribution is -0.138. The van der Waals surface area contributed by atoms with E-state index in [1.807, 2.05) is 0 Å². The molecule has 0 unspecified atom stereocenters. The van der Waals surface area contributed by atoms with Crippen LogP contribution in [0.3, 0.4) is 0 Å². The fourth-order valence-corrected chi connectivity index (χ4v) is 4.88. The summed E-state index contributed by atoms with van der Waals surface area (Å²) in [5.41, 5.74) is 0.436. The van der Waals surface area contributed by atoms with Crippen molar-refractivity contribution >= 4 is 34.4 Å². The Labute approximate surface area is 201 Å². The van der Waals surface area contributed by atoms with Gasteiger partial charge in [-0.2, -0.15) is 18.3 Å². The minimum Gasteiger partial charge on any atom is -0.345 e. The number of rotatable bonds is 4. The molecule has 2 aliphatic heterocycles. The topological polar surface area (TPSA) is 111 Å². The molecule has 1 saturated heterocycles. The van der Waals surface area contributed by atoms with Crippen molar-refractivity contribution in [2.24, 2.45) is 0 Å². The van der Waals surface area contributed by atoms with Gasteiger partial charge in [0.15, 0.2) is 5.65 Å². The highest BCUT2D eigenvalue weighted by Gasteiger charge is 2.53. The maximum absolute atomic E-state index is 14.1. The molecule has 0 atom stereocenters. The van der Waals surface area contributed by atoms with E-state index in [4.69, 9.17) is 0 Å². The first-order valence-corrected chi connectivity index (χ1v) is 11.1. The summed E-state index contributed by atoms with van der Waals surface area (Å²) in [7, 11) is 0. The fourth-order valence-electron chi connectivity index (χ4n) is 4.88. The lowest BCUT2D eigenvalue weighted by Gasteiger charge is -2.38. The van der Waals surface area contributed by atoms with Crippen LogP contribution in [0.1, 0.15) is 28.8 Å². The Bertz CT molecular complexity index is 1360. The summed E-state index contributed by atoms with van der Waals surface area (Å²) in [6.07, 6.45) is -1.20. The Morgan fingerprint density at radius 1 is 1.14 bits per heavy atom. The van der Waals surface area contributed by atoms with Crippen LogP contribution in [0.25, 0.3) is 11.0 Å². The van der Waals surface area contributed by atoms with Gasteiger partial charge < -0.3 is 15.1 Å². The number of H-pyrrole nitrogens is 1. The van der Waals surface area contributed by atoms with E-state index >= 15 is 0 Å². The van der Waals surface area contributed by atoms with Gasteiger partial charge in [0.1, 0.15) is 18.9 Å². The van der Waals surface area contributed by atoms with Crippen molar-refractivity contribution in [2.45, 2.75) is 24.4 Å². The minimum absolute atomic E-state index is 0.150. The maximum Gasteiger partial charge on any atom is 0.405 e. The summed E-state index contributed by atoms with van der Waals surface area (Å²) in [6, 6.07) is 5.43. The third-order valence-corrected chi connectivity index (χ3v) is 6.65. The number of hydrogen-bond acceptors (Lipinski definition) is 5. The molecule has 0 aliphatic carbocycles. The third kappa shape index (κ3) is 4.14. The first kappa shape index (κ1) is 23.7. The Balaban J connectivity index is 1.35. The fraction of sp³-hybridized carbons (Fsp3) is 0.348. The van der Waals surface area contributed by atoms with E-state index in [-0.39, 0.29) is 37.5 Å². The summed E-state index contributed by atoms with van der Waals surface area (Å²) in [6.45, 7) is -1.80. The van der Waals surface area contributed by atoms with Crippen LogP contribution >= 0.6 is 0 Å². The van der Waals surface area contributed by atoms with Crippen LogP contribution in [0.15, 0.2) is 36.7 Å². The van der Waals surface area contributed by atoms with Gasteiger partial charge in [0.2, 0.25) is 11.8 Å². The van der Waals surface area contributed by atoms with E-state index in [9.17, 15) is 31.9 Å². The SMILES string of the molecule is O=C(CN1C(=O)C2(CCN(C(=O)c3cnc4[nH]ncc4c3)CC2)c2ccc(F)cc21)NCC(F)(F)F.